The van der Waals surface area contributed by atoms with Gasteiger partial charge < -0.3 is 23.7 Å². The van der Waals surface area contributed by atoms with E-state index in [9.17, 15) is 24.0 Å². The van der Waals surface area contributed by atoms with Crippen LogP contribution in [0.3, 0.4) is 0 Å². The molecule has 3 rings (SSSR count). The fourth-order valence-corrected chi connectivity index (χ4v) is 5.64. The largest absolute Gasteiger partial charge is 0.463 e. The Labute approximate surface area is 232 Å². The van der Waals surface area contributed by atoms with Crippen molar-refractivity contribution >= 4 is 64.1 Å². The number of hydrogen-bond donors (Lipinski definition) is 0. The van der Waals surface area contributed by atoms with Gasteiger partial charge in [-0.15, -0.1) is 17.9 Å². The number of esters is 4. The van der Waals surface area contributed by atoms with Crippen LogP contribution in [0.15, 0.2) is 40.9 Å². The molecule has 0 unspecified atom stereocenters. The number of thioether (sulfide) groups is 1. The number of hydrogen-bond acceptors (Lipinski definition) is 13. The van der Waals surface area contributed by atoms with Gasteiger partial charge in [-0.1, -0.05) is 23.9 Å². The third kappa shape index (κ3) is 8.00. The van der Waals surface area contributed by atoms with Crippen LogP contribution < -0.4 is 0 Å². The summed E-state index contributed by atoms with van der Waals surface area (Å²) in [4.78, 5) is 67.4. The van der Waals surface area contributed by atoms with Crippen molar-refractivity contribution in [2.24, 2.45) is 4.99 Å². The minimum atomic E-state index is -1.33. The van der Waals surface area contributed by atoms with Crippen molar-refractivity contribution in [1.82, 2.24) is 4.90 Å². The highest BCUT2D eigenvalue weighted by Crippen LogP contribution is 2.37. The first-order chi connectivity index (χ1) is 18.5. The fraction of sp³-hybridized carbons (Fsp3) is 0.440. The molecule has 210 valence electrons. The van der Waals surface area contributed by atoms with E-state index in [4.69, 9.17) is 23.7 Å². The Morgan fingerprint density at radius 2 is 1.69 bits per heavy atom. The number of ether oxygens (including phenoxy) is 5. The SMILES string of the molecule is C=CCN1C(=O)/C(=C/c2cccs2)N=C1S[C@@H]1O[C@H](COC(C)=O)[C@@H](OC(C)=O)[C@H](OC(C)=O)[C@H]1OC(C)=O. The second-order valence-corrected chi connectivity index (χ2v) is 10.4. The predicted molar refractivity (Wildman–Crippen MR) is 141 cm³/mol. The van der Waals surface area contributed by atoms with Gasteiger partial charge in [0.05, 0.1) is 0 Å². The normalized spacial score (nSPS) is 25.6. The smallest absolute Gasteiger partial charge is 0.303 e. The number of thiophene rings is 1. The van der Waals surface area contributed by atoms with E-state index < -0.39 is 53.7 Å². The molecule has 1 aromatic rings. The molecule has 2 aliphatic heterocycles. The summed E-state index contributed by atoms with van der Waals surface area (Å²) < 4.78 is 27.6. The monoisotopic (exact) mass is 580 g/mol. The fourth-order valence-electron chi connectivity index (χ4n) is 3.81. The van der Waals surface area contributed by atoms with Crippen molar-refractivity contribution in [3.05, 3.63) is 40.7 Å². The van der Waals surface area contributed by atoms with Gasteiger partial charge in [-0.25, -0.2) is 4.99 Å². The Hall–Kier alpha value is -3.49. The number of amides is 1. The predicted octanol–water partition coefficient (Wildman–Crippen LogP) is 2.29. The van der Waals surface area contributed by atoms with E-state index in [0.717, 1.165) is 37.4 Å². The van der Waals surface area contributed by atoms with Crippen LogP contribution >= 0.6 is 23.1 Å². The van der Waals surface area contributed by atoms with Gasteiger partial charge in [-0.3, -0.25) is 28.9 Å². The topological polar surface area (TPSA) is 147 Å². The van der Waals surface area contributed by atoms with Gasteiger partial charge in [0.25, 0.3) is 5.91 Å². The molecular weight excluding hydrogens is 552 g/mol. The maximum atomic E-state index is 13.1. The average Bonchev–Trinajstić information content (AvgIpc) is 3.45. The molecule has 0 N–H and O–H groups in total. The minimum absolute atomic E-state index is 0.123. The Kier molecular flexibility index (Phi) is 10.4. The van der Waals surface area contributed by atoms with Crippen LogP contribution in [-0.2, 0) is 47.7 Å². The summed E-state index contributed by atoms with van der Waals surface area (Å²) in [7, 11) is 0. The van der Waals surface area contributed by atoms with E-state index in [0.29, 0.717) is 0 Å². The van der Waals surface area contributed by atoms with Crippen molar-refractivity contribution < 1.29 is 47.7 Å². The average molecular weight is 581 g/mol. The molecule has 0 aliphatic carbocycles. The molecule has 0 bridgehead atoms. The molecule has 12 nitrogen and oxygen atoms in total. The Balaban J connectivity index is 2.03. The van der Waals surface area contributed by atoms with Gasteiger partial charge in [0, 0.05) is 39.1 Å². The standard InChI is InChI=1S/C25H28N2O10S2/c1-6-9-27-23(32)18(11-17-8-7-10-38-17)26-25(27)39-24-22(36-16(5)31)21(35-15(4)30)20(34-14(3)29)19(37-24)12-33-13(2)28/h6-8,10-11,19-22,24H,1,9,12H2,2-5H3/b18-11-/t19-,20-,21+,22-,24+/m1/s1. The molecule has 3 heterocycles. The number of carbonyl (C=O) groups is 5. The zero-order chi connectivity index (χ0) is 28.7. The van der Waals surface area contributed by atoms with E-state index in [1.54, 1.807) is 6.08 Å². The highest BCUT2D eigenvalue weighted by molar-refractivity contribution is 8.14. The molecule has 0 radical (unpaired) electrons. The molecule has 1 amide bonds. The lowest BCUT2D eigenvalue weighted by Gasteiger charge is -2.44. The first-order valence-corrected chi connectivity index (χ1v) is 13.5. The number of aliphatic imine (C=N–C) groups is 1. The molecule has 1 saturated heterocycles. The lowest BCUT2D eigenvalue weighted by atomic mass is 9.99. The van der Waals surface area contributed by atoms with Crippen LogP contribution in [0, 0.1) is 0 Å². The van der Waals surface area contributed by atoms with Gasteiger partial charge in [0.2, 0.25) is 0 Å². The first kappa shape index (κ1) is 30.1. The second kappa shape index (κ2) is 13.5. The minimum Gasteiger partial charge on any atom is -0.463 e. The third-order valence-electron chi connectivity index (χ3n) is 5.21. The third-order valence-corrected chi connectivity index (χ3v) is 7.17. The first-order valence-electron chi connectivity index (χ1n) is 11.7. The molecule has 0 aromatic carbocycles. The molecule has 39 heavy (non-hydrogen) atoms. The number of carbonyl (C=O) groups excluding carboxylic acids is 5. The highest BCUT2D eigenvalue weighted by atomic mass is 32.2. The Morgan fingerprint density at radius 1 is 1.05 bits per heavy atom. The number of nitrogens with zero attached hydrogens (tertiary/aromatic N) is 2. The van der Waals surface area contributed by atoms with Crippen LogP contribution in [-0.4, -0.2) is 82.9 Å². The zero-order valence-electron chi connectivity index (χ0n) is 21.7. The summed E-state index contributed by atoms with van der Waals surface area (Å²) >= 11 is 2.37. The molecule has 2 aliphatic rings. The van der Waals surface area contributed by atoms with Crippen LogP contribution in [0.4, 0.5) is 0 Å². The van der Waals surface area contributed by atoms with Crippen molar-refractivity contribution in [2.75, 3.05) is 13.2 Å². The summed E-state index contributed by atoms with van der Waals surface area (Å²) in [5.74, 6) is -3.20. The lowest BCUT2D eigenvalue weighted by Crippen LogP contribution is -2.61. The summed E-state index contributed by atoms with van der Waals surface area (Å²) in [5.41, 5.74) is -0.946. The summed E-state index contributed by atoms with van der Waals surface area (Å²) in [6, 6.07) is 3.68. The quantitative estimate of drug-likeness (QED) is 0.183. The van der Waals surface area contributed by atoms with Gasteiger partial charge in [-0.2, -0.15) is 0 Å². The van der Waals surface area contributed by atoms with E-state index in [-0.39, 0.29) is 29.9 Å². The molecular formula is C25H28N2O10S2. The Bertz CT molecular complexity index is 1180. The summed E-state index contributed by atoms with van der Waals surface area (Å²) in [6.07, 6.45) is -1.84. The molecule has 1 aromatic heterocycles. The van der Waals surface area contributed by atoms with Crippen LogP contribution in [0.25, 0.3) is 6.08 Å². The number of amidine groups is 1. The van der Waals surface area contributed by atoms with E-state index in [1.807, 2.05) is 17.5 Å². The van der Waals surface area contributed by atoms with Crippen molar-refractivity contribution in [2.45, 2.75) is 57.5 Å². The second-order valence-electron chi connectivity index (χ2n) is 8.33. The highest BCUT2D eigenvalue weighted by Gasteiger charge is 2.53. The number of rotatable bonds is 9. The Morgan fingerprint density at radius 3 is 2.26 bits per heavy atom. The van der Waals surface area contributed by atoms with Gasteiger partial charge in [0.15, 0.2) is 28.9 Å². The van der Waals surface area contributed by atoms with Crippen LogP contribution in [0.2, 0.25) is 0 Å². The van der Waals surface area contributed by atoms with E-state index in [2.05, 4.69) is 11.6 Å². The maximum absolute atomic E-state index is 13.1. The lowest BCUT2D eigenvalue weighted by molar-refractivity contribution is -0.237. The molecule has 1 fully saturated rings. The summed E-state index contributed by atoms with van der Waals surface area (Å²) in [6.45, 7) is 8.09. The van der Waals surface area contributed by atoms with Gasteiger partial charge in [-0.05, 0) is 17.5 Å². The van der Waals surface area contributed by atoms with E-state index >= 15 is 0 Å². The van der Waals surface area contributed by atoms with Gasteiger partial charge >= 0.3 is 23.9 Å². The molecule has 0 spiro atoms. The molecule has 14 heteroatoms. The summed E-state index contributed by atoms with van der Waals surface area (Å²) in [5, 5.41) is 2.08. The van der Waals surface area contributed by atoms with Crippen molar-refractivity contribution in [1.29, 1.82) is 0 Å². The van der Waals surface area contributed by atoms with Crippen molar-refractivity contribution in [3.63, 3.8) is 0 Å². The maximum Gasteiger partial charge on any atom is 0.303 e. The molecule has 5 atom stereocenters. The van der Waals surface area contributed by atoms with Gasteiger partial charge in [0.1, 0.15) is 18.4 Å². The van der Waals surface area contributed by atoms with Crippen LogP contribution in [0.5, 0.6) is 0 Å². The van der Waals surface area contributed by atoms with Crippen molar-refractivity contribution in [3.8, 4) is 0 Å². The van der Waals surface area contributed by atoms with Crippen LogP contribution in [0.1, 0.15) is 32.6 Å². The molecule has 0 saturated carbocycles. The van der Waals surface area contributed by atoms with E-state index in [1.165, 1.54) is 29.2 Å². The zero-order valence-corrected chi connectivity index (χ0v) is 23.3.